The fourth-order valence-electron chi connectivity index (χ4n) is 3.00. The molecule has 2 aromatic rings. The molecule has 136 valence electrons. The van der Waals surface area contributed by atoms with Crippen molar-refractivity contribution in [2.45, 2.75) is 78.1 Å². The molecule has 0 N–H and O–H groups in total. The van der Waals surface area contributed by atoms with Crippen molar-refractivity contribution < 1.29 is 4.39 Å². The third-order valence-corrected chi connectivity index (χ3v) is 4.64. The van der Waals surface area contributed by atoms with Gasteiger partial charge in [0.25, 0.3) is 0 Å². The van der Waals surface area contributed by atoms with Crippen LogP contribution >= 0.6 is 0 Å². The predicted molar refractivity (Wildman–Crippen MR) is 103 cm³/mol. The molecular weight excluding hydrogens is 311 g/mol. The van der Waals surface area contributed by atoms with Gasteiger partial charge in [0.15, 0.2) is 5.82 Å². The van der Waals surface area contributed by atoms with Crippen molar-refractivity contribution in [3.63, 3.8) is 0 Å². The third-order valence-electron chi connectivity index (χ3n) is 4.64. The Morgan fingerprint density at radius 1 is 0.800 bits per heavy atom. The molecule has 1 aromatic carbocycles. The van der Waals surface area contributed by atoms with Crippen LogP contribution in [0, 0.1) is 5.82 Å². The molecule has 25 heavy (non-hydrogen) atoms. The van der Waals surface area contributed by atoms with Gasteiger partial charge >= 0.3 is 0 Å². The molecular formula is C22H31FN2. The number of unbranched alkanes of at least 4 members (excludes halogenated alkanes) is 6. The van der Waals surface area contributed by atoms with Crippen LogP contribution < -0.4 is 0 Å². The van der Waals surface area contributed by atoms with Crippen LogP contribution in [0.5, 0.6) is 0 Å². The molecule has 1 heterocycles. The molecule has 1 aromatic heterocycles. The number of benzene rings is 1. The van der Waals surface area contributed by atoms with Crippen molar-refractivity contribution in [1.82, 2.24) is 9.97 Å². The maximum Gasteiger partial charge on any atom is 0.159 e. The quantitative estimate of drug-likeness (QED) is 0.434. The minimum Gasteiger partial charge on any atom is -0.236 e. The largest absolute Gasteiger partial charge is 0.236 e. The highest BCUT2D eigenvalue weighted by Crippen LogP contribution is 2.20. The summed E-state index contributed by atoms with van der Waals surface area (Å²) in [6.07, 6.45) is 15.2. The number of hydrogen-bond donors (Lipinski definition) is 0. The fourth-order valence-corrected chi connectivity index (χ4v) is 3.00. The van der Waals surface area contributed by atoms with Gasteiger partial charge in [-0.05, 0) is 42.9 Å². The molecule has 0 aliphatic carbocycles. The van der Waals surface area contributed by atoms with Crippen molar-refractivity contribution in [3.8, 4) is 11.4 Å². The van der Waals surface area contributed by atoms with Crippen LogP contribution in [0.3, 0.4) is 0 Å². The summed E-state index contributed by atoms with van der Waals surface area (Å²) < 4.78 is 14.4. The van der Waals surface area contributed by atoms with Gasteiger partial charge in [-0.15, -0.1) is 0 Å². The molecule has 0 amide bonds. The smallest absolute Gasteiger partial charge is 0.159 e. The molecule has 0 saturated carbocycles. The van der Waals surface area contributed by atoms with E-state index in [2.05, 4.69) is 23.8 Å². The molecule has 0 radical (unpaired) electrons. The Morgan fingerprint density at radius 3 is 2.16 bits per heavy atom. The Balaban J connectivity index is 1.90. The highest BCUT2D eigenvalue weighted by atomic mass is 19.1. The lowest BCUT2D eigenvalue weighted by Crippen LogP contribution is -1.96. The van der Waals surface area contributed by atoms with Crippen molar-refractivity contribution in [3.05, 3.63) is 47.5 Å². The zero-order chi connectivity index (χ0) is 17.9. The second-order valence-corrected chi connectivity index (χ2v) is 6.84. The lowest BCUT2D eigenvalue weighted by molar-refractivity contribution is 0.580. The van der Waals surface area contributed by atoms with E-state index >= 15 is 0 Å². The molecule has 0 aliphatic rings. The summed E-state index contributed by atoms with van der Waals surface area (Å²) in [6.45, 7) is 4.39. The highest BCUT2D eigenvalue weighted by Gasteiger charge is 2.07. The van der Waals surface area contributed by atoms with Crippen LogP contribution in [0.1, 0.15) is 76.3 Å². The molecule has 0 spiro atoms. The number of halogens is 1. The van der Waals surface area contributed by atoms with Crippen LogP contribution in [0.2, 0.25) is 0 Å². The topological polar surface area (TPSA) is 25.8 Å². The Hall–Kier alpha value is -1.77. The van der Waals surface area contributed by atoms with E-state index in [1.54, 1.807) is 6.07 Å². The predicted octanol–water partition coefficient (Wildman–Crippen LogP) is 6.53. The zero-order valence-electron chi connectivity index (χ0n) is 15.7. The molecule has 0 fully saturated rings. The van der Waals surface area contributed by atoms with E-state index in [1.807, 2.05) is 24.5 Å². The number of rotatable bonds is 11. The fraction of sp³-hybridized carbons (Fsp3) is 0.545. The van der Waals surface area contributed by atoms with E-state index < -0.39 is 0 Å². The van der Waals surface area contributed by atoms with Gasteiger partial charge in [-0.1, -0.05) is 64.5 Å². The van der Waals surface area contributed by atoms with Gasteiger partial charge in [0.1, 0.15) is 5.82 Å². The number of aryl methyl sites for hydroxylation is 2. The van der Waals surface area contributed by atoms with Gasteiger partial charge in [0.05, 0.1) is 0 Å². The van der Waals surface area contributed by atoms with Crippen LogP contribution in [0.25, 0.3) is 11.4 Å². The van der Waals surface area contributed by atoms with E-state index in [-0.39, 0.29) is 5.82 Å². The second-order valence-electron chi connectivity index (χ2n) is 6.84. The SMILES string of the molecule is CCCCCCCCc1ccc(-c2ncc(CCCC)cn2)cc1F. The summed E-state index contributed by atoms with van der Waals surface area (Å²) in [5.41, 5.74) is 2.70. The maximum absolute atomic E-state index is 14.4. The molecule has 2 rings (SSSR count). The van der Waals surface area contributed by atoms with Crippen molar-refractivity contribution in [2.24, 2.45) is 0 Å². The van der Waals surface area contributed by atoms with Crippen molar-refractivity contribution in [2.75, 3.05) is 0 Å². The summed E-state index contributed by atoms with van der Waals surface area (Å²) in [5.74, 6) is 0.468. The van der Waals surface area contributed by atoms with Crippen LogP contribution in [-0.2, 0) is 12.8 Å². The molecule has 0 saturated heterocycles. The summed E-state index contributed by atoms with van der Waals surface area (Å²) >= 11 is 0. The summed E-state index contributed by atoms with van der Waals surface area (Å²) in [7, 11) is 0. The Morgan fingerprint density at radius 2 is 1.48 bits per heavy atom. The van der Waals surface area contributed by atoms with Gasteiger partial charge in [0, 0.05) is 18.0 Å². The Bertz CT molecular complexity index is 622. The highest BCUT2D eigenvalue weighted by molar-refractivity contribution is 5.55. The van der Waals surface area contributed by atoms with Crippen LogP contribution in [0.15, 0.2) is 30.6 Å². The van der Waals surface area contributed by atoms with E-state index in [0.29, 0.717) is 5.82 Å². The van der Waals surface area contributed by atoms with Crippen LogP contribution in [0.4, 0.5) is 4.39 Å². The number of aromatic nitrogens is 2. The first-order valence-corrected chi connectivity index (χ1v) is 9.84. The van der Waals surface area contributed by atoms with E-state index in [1.165, 1.54) is 32.1 Å². The first-order valence-electron chi connectivity index (χ1n) is 9.84. The second kappa shape index (κ2) is 11.0. The average molecular weight is 343 g/mol. The van der Waals surface area contributed by atoms with Gasteiger partial charge in [-0.2, -0.15) is 0 Å². The average Bonchev–Trinajstić information content (AvgIpc) is 2.64. The zero-order valence-corrected chi connectivity index (χ0v) is 15.7. The third kappa shape index (κ3) is 6.56. The number of hydrogen-bond acceptors (Lipinski definition) is 2. The maximum atomic E-state index is 14.4. The van der Waals surface area contributed by atoms with Crippen molar-refractivity contribution >= 4 is 0 Å². The molecule has 0 bridgehead atoms. The monoisotopic (exact) mass is 342 g/mol. The molecule has 3 heteroatoms. The van der Waals surface area contributed by atoms with E-state index in [0.717, 1.165) is 48.8 Å². The van der Waals surface area contributed by atoms with E-state index in [9.17, 15) is 4.39 Å². The Kier molecular flexibility index (Phi) is 8.58. The molecule has 0 atom stereocenters. The van der Waals surface area contributed by atoms with Gasteiger partial charge in [0.2, 0.25) is 0 Å². The van der Waals surface area contributed by atoms with Gasteiger partial charge < -0.3 is 0 Å². The first kappa shape index (κ1) is 19.6. The van der Waals surface area contributed by atoms with Gasteiger partial charge in [-0.3, -0.25) is 0 Å². The summed E-state index contributed by atoms with van der Waals surface area (Å²) in [4.78, 5) is 8.80. The lowest BCUT2D eigenvalue weighted by Gasteiger charge is -2.07. The van der Waals surface area contributed by atoms with Crippen LogP contribution in [-0.4, -0.2) is 9.97 Å². The molecule has 0 aliphatic heterocycles. The lowest BCUT2D eigenvalue weighted by atomic mass is 10.0. The Labute approximate surface area is 151 Å². The summed E-state index contributed by atoms with van der Waals surface area (Å²) in [6, 6.07) is 5.41. The standard InChI is InChI=1S/C22H31FN2/c1-3-5-7-8-9-10-12-19-13-14-20(15-21(19)23)22-24-16-18(17-25-22)11-6-4-2/h13-17H,3-12H2,1-2H3. The first-order chi connectivity index (χ1) is 12.2. The van der Waals surface area contributed by atoms with Crippen molar-refractivity contribution in [1.29, 1.82) is 0 Å². The molecule has 0 unspecified atom stereocenters. The van der Waals surface area contributed by atoms with E-state index in [4.69, 9.17) is 0 Å². The normalized spacial score (nSPS) is 11.0. The minimum atomic E-state index is -0.135. The minimum absolute atomic E-state index is 0.135. The van der Waals surface area contributed by atoms with Gasteiger partial charge in [-0.25, -0.2) is 14.4 Å². The molecule has 2 nitrogen and oxygen atoms in total. The summed E-state index contributed by atoms with van der Waals surface area (Å²) in [5, 5.41) is 0. The number of nitrogens with zero attached hydrogens (tertiary/aromatic N) is 2.